The van der Waals surface area contributed by atoms with Crippen molar-refractivity contribution < 1.29 is 28.6 Å². The summed E-state index contributed by atoms with van der Waals surface area (Å²) >= 11 is 0. The Bertz CT molecular complexity index is 1700. The van der Waals surface area contributed by atoms with Gasteiger partial charge in [-0.3, -0.25) is 14.4 Å². The van der Waals surface area contributed by atoms with Gasteiger partial charge in [0.15, 0.2) is 6.10 Å². The maximum Gasteiger partial charge on any atom is 0.306 e. The molecule has 0 heterocycles. The molecule has 1 atom stereocenters. The van der Waals surface area contributed by atoms with Gasteiger partial charge >= 0.3 is 17.9 Å². The fraction of sp³-hybridized carbons (Fsp3) is 0.662. The summed E-state index contributed by atoms with van der Waals surface area (Å²) in [6.07, 6.45) is 94.6. The Kier molecular flexibility index (Phi) is 63.3. The van der Waals surface area contributed by atoms with E-state index in [9.17, 15) is 14.4 Å². The monoisotopic (exact) mass is 1110 g/mol. The molecule has 0 amide bonds. The molecule has 80 heavy (non-hydrogen) atoms. The largest absolute Gasteiger partial charge is 0.462 e. The summed E-state index contributed by atoms with van der Waals surface area (Å²) in [6.45, 7) is 6.39. The normalized spacial score (nSPS) is 13.0. The number of ether oxygens (including phenoxy) is 3. The van der Waals surface area contributed by atoms with E-state index in [-0.39, 0.29) is 37.5 Å². The summed E-state index contributed by atoms with van der Waals surface area (Å²) in [4.78, 5) is 38.4. The average molecular weight is 1110 g/mol. The summed E-state index contributed by atoms with van der Waals surface area (Å²) in [6, 6.07) is 0. The smallest absolute Gasteiger partial charge is 0.306 e. The predicted octanol–water partition coefficient (Wildman–Crippen LogP) is 22.9. The molecule has 0 aromatic heterocycles. The number of allylic oxidation sites excluding steroid dienone is 22. The Balaban J connectivity index is 4.50. The van der Waals surface area contributed by atoms with Crippen molar-refractivity contribution >= 4 is 17.9 Å². The topological polar surface area (TPSA) is 78.9 Å². The molecule has 0 aromatic rings. The van der Waals surface area contributed by atoms with Gasteiger partial charge in [0, 0.05) is 19.3 Å². The molecular formula is C74H122O6. The van der Waals surface area contributed by atoms with E-state index in [1.165, 1.54) is 128 Å². The lowest BCUT2D eigenvalue weighted by molar-refractivity contribution is -0.167. The lowest BCUT2D eigenvalue weighted by Crippen LogP contribution is -2.30. The molecule has 0 fully saturated rings. The first kappa shape index (κ1) is 75.5. The third kappa shape index (κ3) is 64.4. The number of esters is 3. The molecule has 6 heteroatoms. The zero-order valence-corrected chi connectivity index (χ0v) is 52.0. The fourth-order valence-electron chi connectivity index (χ4n) is 9.01. The maximum absolute atomic E-state index is 12.9. The van der Waals surface area contributed by atoms with Crippen molar-refractivity contribution in [2.45, 2.75) is 303 Å². The summed E-state index contributed by atoms with van der Waals surface area (Å²) in [5, 5.41) is 0. The van der Waals surface area contributed by atoms with Crippen LogP contribution >= 0.6 is 0 Å². The molecule has 0 radical (unpaired) electrons. The summed E-state index contributed by atoms with van der Waals surface area (Å²) in [5.41, 5.74) is 0. The molecule has 6 nitrogen and oxygen atoms in total. The molecule has 0 saturated carbocycles. The van der Waals surface area contributed by atoms with Crippen molar-refractivity contribution in [3.63, 3.8) is 0 Å². The quantitative estimate of drug-likeness (QED) is 0.0261. The first-order chi connectivity index (χ1) is 39.5. The summed E-state index contributed by atoms with van der Waals surface area (Å²) in [7, 11) is 0. The van der Waals surface area contributed by atoms with Crippen LogP contribution in [0, 0.1) is 0 Å². The highest BCUT2D eigenvalue weighted by Gasteiger charge is 2.19. The van der Waals surface area contributed by atoms with Crippen LogP contribution in [0.15, 0.2) is 134 Å². The zero-order valence-electron chi connectivity index (χ0n) is 52.0. The Morgan fingerprint density at radius 2 is 0.500 bits per heavy atom. The molecule has 1 unspecified atom stereocenters. The van der Waals surface area contributed by atoms with Crippen molar-refractivity contribution in [2.75, 3.05) is 13.2 Å². The minimum absolute atomic E-state index is 0.101. The van der Waals surface area contributed by atoms with Gasteiger partial charge in [0.25, 0.3) is 0 Å². The van der Waals surface area contributed by atoms with E-state index >= 15 is 0 Å². The molecule has 0 N–H and O–H groups in total. The standard InChI is InChI=1S/C74H122O6/c1-4-7-10-13-16-19-22-25-28-31-34-36-37-39-40-43-46-49-52-55-58-61-64-67-73(76)79-70-71(69-78-72(75)66-63-60-57-54-51-48-45-42-33-30-27-24-21-18-15-12-9-6-3)80-74(77)68-65-62-59-56-53-50-47-44-41-38-35-32-29-26-23-20-17-14-11-8-5-2/h7-8,10-11,16-17,19-20,25-26,28-29,34-36,38-40,46,49,55,58,71H,4-6,9,12-15,18,21-24,27,30-33,37,41-45,47-48,50-54,56-57,59-70H2,1-3H3/b10-7-,11-8-,19-16-,20-17-,28-25-,29-26-,36-34-,38-35-,40-39-,49-46-,58-55-. The molecule has 0 aliphatic rings. The minimum atomic E-state index is -0.811. The van der Waals surface area contributed by atoms with E-state index < -0.39 is 6.10 Å². The van der Waals surface area contributed by atoms with Gasteiger partial charge in [0.05, 0.1) is 0 Å². The number of carbonyl (C=O) groups excluding carboxylic acids is 3. The highest BCUT2D eigenvalue weighted by atomic mass is 16.6. The van der Waals surface area contributed by atoms with Crippen LogP contribution in [0.25, 0.3) is 0 Å². The molecule has 0 aliphatic heterocycles. The first-order valence-electron chi connectivity index (χ1n) is 33.2. The molecule has 0 aliphatic carbocycles. The molecule has 454 valence electrons. The Labute approximate surface area is 494 Å². The molecule has 0 spiro atoms. The van der Waals surface area contributed by atoms with Crippen molar-refractivity contribution in [1.82, 2.24) is 0 Å². The van der Waals surface area contributed by atoms with Gasteiger partial charge in [-0.05, 0) is 109 Å². The molecule has 0 aromatic carbocycles. The van der Waals surface area contributed by atoms with Crippen LogP contribution in [0.3, 0.4) is 0 Å². The maximum atomic E-state index is 12.9. The van der Waals surface area contributed by atoms with Crippen LogP contribution in [-0.2, 0) is 28.6 Å². The number of hydrogen-bond donors (Lipinski definition) is 0. The third-order valence-corrected chi connectivity index (χ3v) is 13.9. The third-order valence-electron chi connectivity index (χ3n) is 13.9. The first-order valence-corrected chi connectivity index (χ1v) is 33.2. The Morgan fingerprint density at radius 3 is 0.812 bits per heavy atom. The SMILES string of the molecule is CC/C=C\C/C=C\C/C=C\C/C=C\C/C=C\C/C=C\C/C=C\CCCC(=O)OCC(COC(=O)CCCCCCCCCCCCCCCCCCCC)OC(=O)CCCCCCCCCC/C=C\C/C=C\C/C=C\C/C=C\CC. The van der Waals surface area contributed by atoms with Crippen molar-refractivity contribution in [3.05, 3.63) is 134 Å². The van der Waals surface area contributed by atoms with Crippen LogP contribution < -0.4 is 0 Å². The van der Waals surface area contributed by atoms with Crippen LogP contribution in [0.2, 0.25) is 0 Å². The van der Waals surface area contributed by atoms with Gasteiger partial charge in [-0.1, -0.05) is 302 Å². The number of unbranched alkanes of at least 4 members (excludes halogenated alkanes) is 26. The molecule has 0 saturated heterocycles. The van der Waals surface area contributed by atoms with Crippen LogP contribution in [0.5, 0.6) is 0 Å². The highest BCUT2D eigenvalue weighted by Crippen LogP contribution is 2.16. The van der Waals surface area contributed by atoms with E-state index in [2.05, 4.69) is 154 Å². The second kappa shape index (κ2) is 67.1. The number of rotatable bonds is 59. The van der Waals surface area contributed by atoms with Crippen LogP contribution in [0.1, 0.15) is 297 Å². The van der Waals surface area contributed by atoms with E-state index in [4.69, 9.17) is 14.2 Å². The number of hydrogen-bond acceptors (Lipinski definition) is 6. The Hall–Kier alpha value is -4.45. The van der Waals surface area contributed by atoms with Gasteiger partial charge in [-0.2, -0.15) is 0 Å². The van der Waals surface area contributed by atoms with Crippen LogP contribution in [0.4, 0.5) is 0 Å². The molecule has 0 rings (SSSR count). The highest BCUT2D eigenvalue weighted by molar-refractivity contribution is 5.71. The van der Waals surface area contributed by atoms with E-state index in [0.717, 1.165) is 122 Å². The average Bonchev–Trinajstić information content (AvgIpc) is 3.46. The summed E-state index contributed by atoms with van der Waals surface area (Å²) in [5.74, 6) is -0.964. The zero-order chi connectivity index (χ0) is 57.8. The fourth-order valence-corrected chi connectivity index (χ4v) is 9.01. The van der Waals surface area contributed by atoms with E-state index in [1.54, 1.807) is 0 Å². The van der Waals surface area contributed by atoms with Gasteiger partial charge in [0.1, 0.15) is 13.2 Å². The van der Waals surface area contributed by atoms with Crippen LogP contribution in [-0.4, -0.2) is 37.2 Å². The van der Waals surface area contributed by atoms with Gasteiger partial charge in [0.2, 0.25) is 0 Å². The Morgan fingerprint density at radius 1 is 0.263 bits per heavy atom. The van der Waals surface area contributed by atoms with Gasteiger partial charge < -0.3 is 14.2 Å². The molecular weight excluding hydrogens is 985 g/mol. The van der Waals surface area contributed by atoms with E-state index in [0.29, 0.717) is 19.3 Å². The van der Waals surface area contributed by atoms with Crippen molar-refractivity contribution in [3.8, 4) is 0 Å². The summed E-state index contributed by atoms with van der Waals surface area (Å²) < 4.78 is 16.9. The lowest BCUT2D eigenvalue weighted by atomic mass is 10.0. The van der Waals surface area contributed by atoms with Gasteiger partial charge in [-0.15, -0.1) is 0 Å². The predicted molar refractivity (Wildman–Crippen MR) is 348 cm³/mol. The molecule has 0 bridgehead atoms. The lowest BCUT2D eigenvalue weighted by Gasteiger charge is -2.18. The second-order valence-corrected chi connectivity index (χ2v) is 21.6. The number of carbonyl (C=O) groups is 3. The van der Waals surface area contributed by atoms with E-state index in [1.807, 2.05) is 0 Å². The minimum Gasteiger partial charge on any atom is -0.462 e. The van der Waals surface area contributed by atoms with Crippen molar-refractivity contribution in [1.29, 1.82) is 0 Å². The van der Waals surface area contributed by atoms with Gasteiger partial charge in [-0.25, -0.2) is 0 Å². The van der Waals surface area contributed by atoms with Crippen molar-refractivity contribution in [2.24, 2.45) is 0 Å². The second-order valence-electron chi connectivity index (χ2n) is 21.6.